The van der Waals surface area contributed by atoms with E-state index >= 15 is 0 Å². The molecule has 0 aliphatic heterocycles. The van der Waals surface area contributed by atoms with Crippen LogP contribution in [0.4, 0.5) is 0 Å². The topological polar surface area (TPSA) is 48.1 Å². The van der Waals surface area contributed by atoms with Crippen LogP contribution in [0.2, 0.25) is 0 Å². The summed E-state index contributed by atoms with van der Waals surface area (Å²) in [6.07, 6.45) is 3.47. The molecule has 17 heavy (non-hydrogen) atoms. The summed E-state index contributed by atoms with van der Waals surface area (Å²) >= 11 is 0. The highest BCUT2D eigenvalue weighted by atomic mass is 28.2. The largest absolute Gasteiger partial charge is 0.316 e. The quantitative estimate of drug-likeness (QED) is 0.309. The lowest BCUT2D eigenvalue weighted by Gasteiger charge is -2.41. The summed E-state index contributed by atoms with van der Waals surface area (Å²) in [6, 6.07) is 0.373. The van der Waals surface area contributed by atoms with E-state index < -0.39 is 0 Å². The van der Waals surface area contributed by atoms with E-state index in [0.29, 0.717) is 6.04 Å². The highest BCUT2D eigenvalue weighted by molar-refractivity contribution is 6.04. The summed E-state index contributed by atoms with van der Waals surface area (Å²) < 4.78 is 0. The molecule has 0 aromatic rings. The zero-order valence-corrected chi connectivity index (χ0v) is 14.3. The summed E-state index contributed by atoms with van der Waals surface area (Å²) in [5, 5.41) is 10.8. The molecule has 0 aliphatic rings. The fraction of sp³-hybridized carbons (Fsp3) is 1.00. The third kappa shape index (κ3) is 5.97. The molecule has 0 aliphatic carbocycles. The van der Waals surface area contributed by atoms with Crippen LogP contribution in [-0.2, 0) is 0 Å². The van der Waals surface area contributed by atoms with Crippen LogP contribution in [0, 0.1) is 0 Å². The van der Waals surface area contributed by atoms with Gasteiger partial charge in [0.15, 0.2) is 0 Å². The fourth-order valence-electron chi connectivity index (χ4n) is 1.92. The Morgan fingerprint density at radius 2 is 1.41 bits per heavy atom. The molecule has 0 fully saturated rings. The molecule has 0 saturated carbocycles. The Bertz CT molecular complexity index is 170. The first-order chi connectivity index (χ1) is 8.16. The van der Waals surface area contributed by atoms with Crippen LogP contribution in [0.5, 0.6) is 0 Å². The molecule has 4 nitrogen and oxygen atoms in total. The van der Waals surface area contributed by atoms with Gasteiger partial charge >= 0.3 is 0 Å². The van der Waals surface area contributed by atoms with Crippen molar-refractivity contribution < 1.29 is 0 Å². The Labute approximate surface area is 110 Å². The molecular weight excluding hydrogens is 228 g/mol. The predicted molar refractivity (Wildman–Crippen MR) is 80.1 cm³/mol. The van der Waals surface area contributed by atoms with Gasteiger partial charge in [-0.3, -0.25) is 10.6 Å². The van der Waals surface area contributed by atoms with Gasteiger partial charge in [-0.1, -0.05) is 20.8 Å². The molecule has 4 N–H and O–H groups in total. The van der Waals surface area contributed by atoms with Gasteiger partial charge in [-0.2, -0.15) is 0 Å². The third-order valence-electron chi connectivity index (χ3n) is 3.05. The van der Waals surface area contributed by atoms with Gasteiger partial charge in [0.2, 0.25) is 0 Å². The maximum absolute atomic E-state index is 3.63. The van der Waals surface area contributed by atoms with E-state index in [1.165, 1.54) is 6.42 Å². The molecule has 0 heterocycles. The van der Waals surface area contributed by atoms with Gasteiger partial charge in [-0.05, 0) is 45.8 Å². The maximum atomic E-state index is 3.63. The van der Waals surface area contributed by atoms with Gasteiger partial charge in [0.1, 0.15) is 5.79 Å². The summed E-state index contributed by atoms with van der Waals surface area (Å²) in [6.45, 7) is 12.0. The normalized spacial score (nSPS) is 14.1. The number of hydrogen-bond acceptors (Lipinski definition) is 4. The highest BCUT2D eigenvalue weighted by Crippen LogP contribution is 2.03. The van der Waals surface area contributed by atoms with Gasteiger partial charge in [-0.15, -0.1) is 0 Å². The minimum absolute atomic E-state index is 0.145. The van der Waals surface area contributed by atoms with Crippen molar-refractivity contribution in [3.8, 4) is 0 Å². The molecule has 0 aromatic carbocycles. The van der Waals surface area contributed by atoms with Gasteiger partial charge in [0.25, 0.3) is 0 Å². The molecule has 0 spiro atoms. The predicted octanol–water partition coefficient (Wildman–Crippen LogP) is -0.102. The van der Waals surface area contributed by atoms with E-state index in [2.05, 4.69) is 48.6 Å². The van der Waals surface area contributed by atoms with E-state index in [-0.39, 0.29) is 5.79 Å². The first-order valence-corrected chi connectivity index (χ1v) is 8.09. The zero-order valence-electron chi connectivity index (χ0n) is 12.3. The lowest BCUT2D eigenvalue weighted by molar-refractivity contribution is 0.176. The van der Waals surface area contributed by atoms with Crippen molar-refractivity contribution >= 4 is 10.4 Å². The van der Waals surface area contributed by atoms with Gasteiger partial charge in [0, 0.05) is 6.04 Å². The van der Waals surface area contributed by atoms with Crippen molar-refractivity contribution in [1.29, 1.82) is 0 Å². The van der Waals surface area contributed by atoms with Gasteiger partial charge < -0.3 is 10.3 Å². The molecule has 1 atom stereocenters. The van der Waals surface area contributed by atoms with E-state index in [1.807, 2.05) is 0 Å². The van der Waals surface area contributed by atoms with Crippen molar-refractivity contribution in [1.82, 2.24) is 20.9 Å². The van der Waals surface area contributed by atoms with Crippen molar-refractivity contribution in [3.05, 3.63) is 0 Å². The molecule has 1 unspecified atom stereocenters. The van der Waals surface area contributed by atoms with Gasteiger partial charge in [0.05, 0.1) is 10.4 Å². The lowest BCUT2D eigenvalue weighted by atomic mass is 10.1. The highest BCUT2D eigenvalue weighted by Gasteiger charge is 2.32. The lowest BCUT2D eigenvalue weighted by Crippen LogP contribution is -2.74. The smallest absolute Gasteiger partial charge is 0.132 e. The summed E-state index contributed by atoms with van der Waals surface area (Å²) in [5.41, 5.74) is 0. The molecule has 0 saturated heterocycles. The molecular formula is C12H32N4Si. The van der Waals surface area contributed by atoms with Crippen LogP contribution < -0.4 is 20.9 Å². The Morgan fingerprint density at radius 1 is 0.941 bits per heavy atom. The Balaban J connectivity index is 4.50. The monoisotopic (exact) mass is 260 g/mol. The molecule has 104 valence electrons. The second-order valence-corrected chi connectivity index (χ2v) is 5.09. The fourth-order valence-corrected chi connectivity index (χ4v) is 2.71. The average molecular weight is 261 g/mol. The van der Waals surface area contributed by atoms with E-state index in [9.17, 15) is 0 Å². The van der Waals surface area contributed by atoms with Crippen molar-refractivity contribution in [2.75, 3.05) is 19.6 Å². The maximum Gasteiger partial charge on any atom is 0.132 e. The first-order valence-electron chi connectivity index (χ1n) is 7.09. The zero-order chi connectivity index (χ0) is 13.1. The Hall–Kier alpha value is 0.0569. The Morgan fingerprint density at radius 3 is 1.76 bits per heavy atom. The number of hydrogen-bond donors (Lipinski definition) is 4. The molecule has 5 heteroatoms. The van der Waals surface area contributed by atoms with Crippen molar-refractivity contribution in [3.63, 3.8) is 0 Å². The van der Waals surface area contributed by atoms with Crippen LogP contribution in [0.1, 0.15) is 47.0 Å². The van der Waals surface area contributed by atoms with Gasteiger partial charge in [-0.25, -0.2) is 0 Å². The van der Waals surface area contributed by atoms with Crippen LogP contribution in [0.25, 0.3) is 0 Å². The molecule has 0 radical (unpaired) electrons. The SMILES string of the molecule is CCCNC(C)C(N[SiH3])(NCCC)NCCC. The summed E-state index contributed by atoms with van der Waals surface area (Å²) in [7, 11) is 0.971. The molecule has 0 rings (SSSR count). The van der Waals surface area contributed by atoms with Crippen LogP contribution in [0.3, 0.4) is 0 Å². The minimum atomic E-state index is -0.145. The summed E-state index contributed by atoms with van der Waals surface area (Å²) in [4.78, 5) is 3.55. The second-order valence-electron chi connectivity index (χ2n) is 4.59. The van der Waals surface area contributed by atoms with Crippen LogP contribution in [0.15, 0.2) is 0 Å². The Kier molecular flexibility index (Phi) is 10.1. The first kappa shape index (κ1) is 17.1. The number of rotatable bonds is 11. The standard InChI is InChI=1S/C12H32N4Si/c1-5-8-13-11(4)12(16-17,14-9-6-2)15-10-7-3/h11,13-16H,5-10H2,1-4,17H3. The molecule has 0 amide bonds. The van der Waals surface area contributed by atoms with E-state index in [1.54, 1.807) is 0 Å². The van der Waals surface area contributed by atoms with Crippen LogP contribution in [-0.4, -0.2) is 41.9 Å². The van der Waals surface area contributed by atoms with Crippen molar-refractivity contribution in [2.24, 2.45) is 0 Å². The average Bonchev–Trinajstić information content (AvgIpc) is 2.37. The van der Waals surface area contributed by atoms with Crippen molar-refractivity contribution in [2.45, 2.75) is 58.8 Å². The second kappa shape index (κ2) is 10.0. The van der Waals surface area contributed by atoms with E-state index in [4.69, 9.17) is 0 Å². The van der Waals surface area contributed by atoms with Crippen LogP contribution >= 0.6 is 0 Å². The minimum Gasteiger partial charge on any atom is -0.316 e. The molecule has 0 aromatic heterocycles. The third-order valence-corrected chi connectivity index (χ3v) is 3.84. The molecule has 0 bridgehead atoms. The number of nitrogens with one attached hydrogen (secondary N) is 4. The summed E-state index contributed by atoms with van der Waals surface area (Å²) in [5.74, 6) is -0.145. The van der Waals surface area contributed by atoms with E-state index in [0.717, 1.165) is 42.9 Å².